The Morgan fingerprint density at radius 1 is 1.18 bits per heavy atom. The van der Waals surface area contributed by atoms with Gasteiger partial charge in [-0.05, 0) is 42.5 Å². The highest BCUT2D eigenvalue weighted by molar-refractivity contribution is 9.10. The highest BCUT2D eigenvalue weighted by atomic mass is 79.9. The molecule has 0 aliphatic carbocycles. The molecule has 1 aliphatic rings. The molecule has 2 aromatic carbocycles. The topological polar surface area (TPSA) is 38.3 Å². The number of aryl methyl sites for hydroxylation is 1. The molecule has 22 heavy (non-hydrogen) atoms. The Morgan fingerprint density at radius 3 is 2.82 bits per heavy atom. The van der Waals surface area contributed by atoms with E-state index in [2.05, 4.69) is 27.3 Å². The largest absolute Gasteiger partial charge is 0.457 e. The van der Waals surface area contributed by atoms with Crippen LogP contribution in [0.3, 0.4) is 0 Å². The molecule has 0 aromatic heterocycles. The normalized spacial score (nSPS) is 13.7. The Labute approximate surface area is 138 Å². The molecule has 0 saturated heterocycles. The minimum atomic E-state index is -0.282. The number of carbonyl (C=O) groups excluding carboxylic acids is 1. The second-order valence-corrected chi connectivity index (χ2v) is 6.35. The van der Waals surface area contributed by atoms with Crippen LogP contribution in [0, 0.1) is 0 Å². The molecular weight excluding hydrogens is 342 g/mol. The summed E-state index contributed by atoms with van der Waals surface area (Å²) in [6.07, 6.45) is 3.24. The maximum Gasteiger partial charge on any atom is 0.340 e. The van der Waals surface area contributed by atoms with Crippen molar-refractivity contribution >= 4 is 27.6 Å². The van der Waals surface area contributed by atoms with Crippen LogP contribution in [0.4, 0.5) is 5.69 Å². The van der Waals surface area contributed by atoms with E-state index >= 15 is 0 Å². The van der Waals surface area contributed by atoms with Crippen molar-refractivity contribution in [2.24, 2.45) is 0 Å². The third-order valence-electron chi connectivity index (χ3n) is 3.79. The van der Waals surface area contributed by atoms with Crippen LogP contribution in [-0.4, -0.2) is 12.5 Å². The second kappa shape index (κ2) is 6.97. The highest BCUT2D eigenvalue weighted by Crippen LogP contribution is 2.30. The van der Waals surface area contributed by atoms with Crippen LogP contribution in [0.1, 0.15) is 34.3 Å². The fourth-order valence-corrected chi connectivity index (χ4v) is 3.19. The third-order valence-corrected chi connectivity index (χ3v) is 4.25. The maximum atomic E-state index is 12.5. The van der Waals surface area contributed by atoms with Crippen molar-refractivity contribution in [1.29, 1.82) is 0 Å². The molecule has 0 radical (unpaired) electrons. The number of halogens is 1. The monoisotopic (exact) mass is 359 g/mol. The molecule has 0 atom stereocenters. The number of anilines is 1. The van der Waals surface area contributed by atoms with E-state index in [0.717, 1.165) is 41.5 Å². The molecule has 3 nitrogen and oxygen atoms in total. The van der Waals surface area contributed by atoms with Crippen LogP contribution in [0.15, 0.2) is 46.9 Å². The molecule has 1 heterocycles. The molecule has 2 aromatic rings. The average Bonchev–Trinajstić information content (AvgIpc) is 2.78. The summed E-state index contributed by atoms with van der Waals surface area (Å²) in [6.45, 7) is 1.19. The lowest BCUT2D eigenvalue weighted by molar-refractivity contribution is 0.0473. The first-order valence-corrected chi connectivity index (χ1v) is 8.30. The number of ether oxygens (including phenoxy) is 1. The van der Waals surface area contributed by atoms with E-state index in [1.165, 1.54) is 5.56 Å². The fraction of sp³-hybridized carbons (Fsp3) is 0.278. The highest BCUT2D eigenvalue weighted by Gasteiger charge is 2.19. The number of hydrogen-bond acceptors (Lipinski definition) is 3. The van der Waals surface area contributed by atoms with Gasteiger partial charge in [0.2, 0.25) is 0 Å². The Morgan fingerprint density at radius 2 is 2.00 bits per heavy atom. The van der Waals surface area contributed by atoms with Gasteiger partial charge in [-0.15, -0.1) is 0 Å². The molecule has 1 aliphatic heterocycles. The summed E-state index contributed by atoms with van der Waals surface area (Å²) in [7, 11) is 0. The Bertz CT molecular complexity index is 670. The van der Waals surface area contributed by atoms with Crippen molar-refractivity contribution in [2.45, 2.75) is 25.9 Å². The van der Waals surface area contributed by atoms with E-state index in [9.17, 15) is 4.79 Å². The molecule has 0 saturated carbocycles. The van der Waals surface area contributed by atoms with Gasteiger partial charge in [0.1, 0.15) is 6.61 Å². The van der Waals surface area contributed by atoms with E-state index in [-0.39, 0.29) is 5.97 Å². The van der Waals surface area contributed by atoms with Crippen molar-refractivity contribution in [2.75, 3.05) is 11.9 Å². The predicted molar refractivity (Wildman–Crippen MR) is 91.1 cm³/mol. The molecule has 0 amide bonds. The van der Waals surface area contributed by atoms with Crippen molar-refractivity contribution in [3.63, 3.8) is 0 Å². The first-order valence-electron chi connectivity index (χ1n) is 7.51. The van der Waals surface area contributed by atoms with Crippen molar-refractivity contribution in [3.8, 4) is 0 Å². The molecule has 1 N–H and O–H groups in total. The van der Waals surface area contributed by atoms with E-state index in [1.807, 2.05) is 36.4 Å². The zero-order chi connectivity index (χ0) is 15.4. The lowest BCUT2D eigenvalue weighted by Crippen LogP contribution is -2.11. The van der Waals surface area contributed by atoms with Crippen molar-refractivity contribution in [3.05, 3.63) is 63.6 Å². The van der Waals surface area contributed by atoms with E-state index in [0.29, 0.717) is 12.2 Å². The summed E-state index contributed by atoms with van der Waals surface area (Å²) >= 11 is 3.50. The lowest BCUT2D eigenvalue weighted by atomic mass is 10.0. The second-order valence-electron chi connectivity index (χ2n) is 5.43. The molecule has 4 heteroatoms. The minimum Gasteiger partial charge on any atom is -0.457 e. The van der Waals surface area contributed by atoms with Gasteiger partial charge < -0.3 is 10.1 Å². The number of hydrogen-bond donors (Lipinski definition) is 1. The summed E-state index contributed by atoms with van der Waals surface area (Å²) in [5.74, 6) is -0.282. The molecular formula is C18H18BrNO2. The molecule has 0 fully saturated rings. The van der Waals surface area contributed by atoms with E-state index in [1.54, 1.807) is 0 Å². The zero-order valence-corrected chi connectivity index (χ0v) is 13.9. The van der Waals surface area contributed by atoms with Gasteiger partial charge in [0, 0.05) is 11.0 Å². The standard InChI is InChI=1S/C18H18BrNO2/c19-15-10-14-8-4-5-9-20-17(14)16(11-15)18(21)22-12-13-6-2-1-3-7-13/h1-3,6-7,10-11,20H,4-5,8-9,12H2. The summed E-state index contributed by atoms with van der Waals surface area (Å²) in [5, 5.41) is 3.38. The summed E-state index contributed by atoms with van der Waals surface area (Å²) in [4.78, 5) is 12.5. The van der Waals surface area contributed by atoms with E-state index < -0.39 is 0 Å². The Hall–Kier alpha value is -1.81. The summed E-state index contributed by atoms with van der Waals surface area (Å²) in [5.41, 5.74) is 3.71. The number of fused-ring (bicyclic) bond motifs is 1. The van der Waals surface area contributed by atoms with Crippen molar-refractivity contribution < 1.29 is 9.53 Å². The SMILES string of the molecule is O=C(OCc1ccccc1)c1cc(Br)cc2c1NCCCC2. The smallest absolute Gasteiger partial charge is 0.340 e. The Kier molecular flexibility index (Phi) is 4.78. The van der Waals surface area contributed by atoms with Gasteiger partial charge in [-0.2, -0.15) is 0 Å². The van der Waals surface area contributed by atoms with Gasteiger partial charge in [0.25, 0.3) is 0 Å². The van der Waals surface area contributed by atoms with Crippen LogP contribution in [0.25, 0.3) is 0 Å². The first kappa shape index (κ1) is 15.1. The van der Waals surface area contributed by atoms with Crippen LogP contribution in [-0.2, 0) is 17.8 Å². The lowest BCUT2D eigenvalue weighted by Gasteiger charge is -2.14. The number of esters is 1. The Balaban J connectivity index is 1.81. The van der Waals surface area contributed by atoms with Gasteiger partial charge in [-0.25, -0.2) is 4.79 Å². The van der Waals surface area contributed by atoms with Gasteiger partial charge >= 0.3 is 5.97 Å². The number of rotatable bonds is 3. The molecule has 114 valence electrons. The fourth-order valence-electron chi connectivity index (χ4n) is 2.68. The maximum absolute atomic E-state index is 12.5. The average molecular weight is 360 g/mol. The van der Waals surface area contributed by atoms with Crippen LogP contribution in [0.5, 0.6) is 0 Å². The molecule has 0 bridgehead atoms. The van der Waals surface area contributed by atoms with Gasteiger partial charge in [0.15, 0.2) is 0 Å². The zero-order valence-electron chi connectivity index (χ0n) is 12.3. The van der Waals surface area contributed by atoms with Crippen LogP contribution >= 0.6 is 15.9 Å². The summed E-state index contributed by atoms with van der Waals surface area (Å²) < 4.78 is 6.39. The number of carbonyl (C=O) groups is 1. The van der Waals surface area contributed by atoms with Crippen molar-refractivity contribution in [1.82, 2.24) is 0 Å². The number of benzene rings is 2. The summed E-state index contributed by atoms with van der Waals surface area (Å²) in [6, 6.07) is 13.7. The quantitative estimate of drug-likeness (QED) is 0.816. The van der Waals surface area contributed by atoms with Gasteiger partial charge in [-0.3, -0.25) is 0 Å². The van der Waals surface area contributed by atoms with Crippen LogP contribution in [0.2, 0.25) is 0 Å². The molecule has 3 rings (SSSR count). The first-order chi connectivity index (χ1) is 10.7. The molecule has 0 unspecified atom stereocenters. The number of nitrogens with one attached hydrogen (secondary N) is 1. The van der Waals surface area contributed by atoms with Gasteiger partial charge in [-0.1, -0.05) is 46.3 Å². The van der Waals surface area contributed by atoms with Gasteiger partial charge in [0.05, 0.1) is 11.3 Å². The molecule has 0 spiro atoms. The minimum absolute atomic E-state index is 0.282. The van der Waals surface area contributed by atoms with Crippen LogP contribution < -0.4 is 5.32 Å². The van der Waals surface area contributed by atoms with E-state index in [4.69, 9.17) is 4.74 Å². The predicted octanol–water partition coefficient (Wildman–Crippen LogP) is 4.55. The third kappa shape index (κ3) is 3.50.